The SMILES string of the molecule is [2H]c1c([2H])c([2H])c(-c2cc(-c3c([2H])c([2H])c([2H])c([2H])c3[2H])c([N]OC(C)(C)C)c(C(C)(C)C)c2)c([2H])c1[2H]. The molecule has 0 aliphatic heterocycles. The Morgan fingerprint density at radius 2 is 1.25 bits per heavy atom. The van der Waals surface area contributed by atoms with Crippen molar-refractivity contribution in [1.82, 2.24) is 5.48 Å². The molecule has 2 nitrogen and oxygen atoms in total. The van der Waals surface area contributed by atoms with E-state index >= 15 is 0 Å². The van der Waals surface area contributed by atoms with E-state index in [9.17, 15) is 0 Å². The van der Waals surface area contributed by atoms with Crippen LogP contribution in [0.5, 0.6) is 0 Å². The van der Waals surface area contributed by atoms with Crippen LogP contribution in [0.2, 0.25) is 0 Å². The zero-order valence-electron chi connectivity index (χ0n) is 27.0. The van der Waals surface area contributed by atoms with Crippen LogP contribution < -0.4 is 5.48 Å². The fourth-order valence-corrected chi connectivity index (χ4v) is 2.60. The summed E-state index contributed by atoms with van der Waals surface area (Å²) in [6.45, 7) is 11.0. The van der Waals surface area contributed by atoms with Gasteiger partial charge in [-0.15, -0.1) is 5.48 Å². The Bertz CT molecular complexity index is 1380. The van der Waals surface area contributed by atoms with Crippen LogP contribution in [0.15, 0.2) is 72.6 Å². The van der Waals surface area contributed by atoms with Gasteiger partial charge in [-0.1, -0.05) is 81.2 Å². The van der Waals surface area contributed by atoms with Crippen LogP contribution in [0.3, 0.4) is 0 Å². The molecule has 0 saturated heterocycles. The predicted molar refractivity (Wildman–Crippen MR) is 119 cm³/mol. The highest BCUT2D eigenvalue weighted by atomic mass is 16.7. The Morgan fingerprint density at radius 1 is 0.714 bits per heavy atom. The summed E-state index contributed by atoms with van der Waals surface area (Å²) in [5, 5.41) is 0. The molecular formula is C26H30NO. The van der Waals surface area contributed by atoms with Crippen molar-refractivity contribution in [2.24, 2.45) is 0 Å². The number of hydrogen-bond donors (Lipinski definition) is 0. The molecule has 0 N–H and O–H groups in total. The molecule has 0 bridgehead atoms. The van der Waals surface area contributed by atoms with Crippen molar-refractivity contribution < 1.29 is 18.5 Å². The normalized spacial score (nSPS) is 17.1. The first-order valence-electron chi connectivity index (χ1n) is 14.0. The average Bonchev–Trinajstić information content (AvgIpc) is 2.82. The van der Waals surface area contributed by atoms with Gasteiger partial charge in [0.05, 0.1) is 19.3 Å². The third-order valence-corrected chi connectivity index (χ3v) is 3.89. The number of nitrogens with zero attached hydrogens (tertiary/aromatic N) is 1. The quantitative estimate of drug-likeness (QED) is 0.435. The van der Waals surface area contributed by atoms with Gasteiger partial charge in [-0.3, -0.25) is 0 Å². The molecule has 0 fully saturated rings. The van der Waals surface area contributed by atoms with Crippen LogP contribution >= 0.6 is 0 Å². The summed E-state index contributed by atoms with van der Waals surface area (Å²) < 4.78 is 82.8. The van der Waals surface area contributed by atoms with Gasteiger partial charge in [-0.25, -0.2) is 4.84 Å². The highest BCUT2D eigenvalue weighted by Crippen LogP contribution is 2.41. The molecule has 0 aromatic heterocycles. The second-order valence-electron chi connectivity index (χ2n) is 8.46. The van der Waals surface area contributed by atoms with Gasteiger partial charge in [0.1, 0.15) is 5.69 Å². The molecule has 0 atom stereocenters. The van der Waals surface area contributed by atoms with E-state index in [0.29, 0.717) is 5.56 Å². The van der Waals surface area contributed by atoms with E-state index in [2.05, 4.69) is 5.48 Å². The molecule has 0 aliphatic rings. The average molecular weight is 383 g/mol. The first-order chi connectivity index (χ1) is 17.3. The smallest absolute Gasteiger partial charge is 0.102 e. The minimum Gasteiger partial charge on any atom is -0.246 e. The highest BCUT2D eigenvalue weighted by molar-refractivity contribution is 5.84. The van der Waals surface area contributed by atoms with Crippen LogP contribution in [-0.2, 0) is 10.3 Å². The third-order valence-electron chi connectivity index (χ3n) is 3.89. The molecule has 0 aliphatic carbocycles. The molecule has 0 unspecified atom stereocenters. The maximum atomic E-state index is 8.59. The Labute approximate surface area is 183 Å². The molecule has 0 saturated carbocycles. The monoisotopic (exact) mass is 382 g/mol. The lowest BCUT2D eigenvalue weighted by molar-refractivity contribution is -0.0548. The molecule has 0 amide bonds. The van der Waals surface area contributed by atoms with Gasteiger partial charge in [0.2, 0.25) is 0 Å². The van der Waals surface area contributed by atoms with Gasteiger partial charge >= 0.3 is 0 Å². The number of benzene rings is 3. The fraction of sp³-hybridized carbons (Fsp3) is 0.308. The van der Waals surface area contributed by atoms with Crippen molar-refractivity contribution in [2.45, 2.75) is 52.6 Å². The van der Waals surface area contributed by atoms with Crippen LogP contribution in [0.1, 0.15) is 60.8 Å². The fourth-order valence-electron chi connectivity index (χ4n) is 2.60. The molecule has 145 valence electrons. The van der Waals surface area contributed by atoms with Crippen molar-refractivity contribution in [3.05, 3.63) is 78.1 Å². The van der Waals surface area contributed by atoms with E-state index < -0.39 is 71.4 Å². The molecule has 2 heteroatoms. The standard InChI is InChI=1S/C26H30NO/c1-25(2,3)23-18-21(19-13-9-7-10-14-19)17-22(20-15-11-8-12-16-20)24(23)27-28-26(4,5)6/h7-18H,1-6H3/i7D,8D,9D,10D,11D,12D,13D,14D,15D,16D. The van der Waals surface area contributed by atoms with Crippen molar-refractivity contribution in [2.75, 3.05) is 0 Å². The molecule has 28 heavy (non-hydrogen) atoms. The van der Waals surface area contributed by atoms with Crippen LogP contribution in [-0.4, -0.2) is 5.60 Å². The summed E-state index contributed by atoms with van der Waals surface area (Å²) in [4.78, 5) is 5.74. The van der Waals surface area contributed by atoms with E-state index in [1.54, 1.807) is 26.8 Å². The summed E-state index contributed by atoms with van der Waals surface area (Å²) in [6.07, 6.45) is 0. The van der Waals surface area contributed by atoms with Gasteiger partial charge in [-0.05, 0) is 60.6 Å². The Morgan fingerprint density at radius 3 is 1.75 bits per heavy atom. The second kappa shape index (κ2) is 7.81. The molecular weight excluding hydrogens is 342 g/mol. The molecule has 0 heterocycles. The first kappa shape index (κ1) is 10.8. The van der Waals surface area contributed by atoms with Gasteiger partial charge in [0, 0.05) is 5.56 Å². The van der Waals surface area contributed by atoms with Gasteiger partial charge < -0.3 is 0 Å². The zero-order valence-corrected chi connectivity index (χ0v) is 17.0. The zero-order chi connectivity index (χ0) is 29.1. The minimum absolute atomic E-state index is 0.0709. The van der Waals surface area contributed by atoms with Gasteiger partial charge in [0.15, 0.2) is 0 Å². The molecule has 3 aromatic rings. The van der Waals surface area contributed by atoms with E-state index in [1.807, 2.05) is 20.8 Å². The lowest BCUT2D eigenvalue weighted by Gasteiger charge is -2.27. The Hall–Kier alpha value is -2.58. The highest BCUT2D eigenvalue weighted by Gasteiger charge is 2.25. The van der Waals surface area contributed by atoms with E-state index in [-0.39, 0.29) is 27.9 Å². The largest absolute Gasteiger partial charge is 0.246 e. The van der Waals surface area contributed by atoms with Crippen molar-refractivity contribution in [3.8, 4) is 22.3 Å². The van der Waals surface area contributed by atoms with Crippen LogP contribution in [0.25, 0.3) is 22.3 Å². The lowest BCUT2D eigenvalue weighted by Crippen LogP contribution is -2.24. The van der Waals surface area contributed by atoms with E-state index in [1.165, 1.54) is 6.07 Å². The van der Waals surface area contributed by atoms with Crippen molar-refractivity contribution in [1.29, 1.82) is 0 Å². The molecule has 1 radical (unpaired) electrons. The summed E-state index contributed by atoms with van der Waals surface area (Å²) >= 11 is 0. The molecule has 3 rings (SSSR count). The third kappa shape index (κ3) is 4.82. The van der Waals surface area contributed by atoms with Gasteiger partial charge in [-0.2, -0.15) is 0 Å². The molecule has 0 spiro atoms. The number of rotatable bonds is 4. The maximum absolute atomic E-state index is 8.59. The topological polar surface area (TPSA) is 23.3 Å². The molecule has 3 aromatic carbocycles. The summed E-state index contributed by atoms with van der Waals surface area (Å²) in [6, 6.07) is -1.82. The summed E-state index contributed by atoms with van der Waals surface area (Å²) in [5.74, 6) is 0. The van der Waals surface area contributed by atoms with Crippen LogP contribution in [0, 0.1) is 0 Å². The lowest BCUT2D eigenvalue weighted by atomic mass is 9.81. The summed E-state index contributed by atoms with van der Waals surface area (Å²) in [7, 11) is 0. The Balaban J connectivity index is 2.58. The van der Waals surface area contributed by atoms with E-state index in [4.69, 9.17) is 18.5 Å². The number of hydrogen-bond acceptors (Lipinski definition) is 1. The second-order valence-corrected chi connectivity index (χ2v) is 8.46. The van der Waals surface area contributed by atoms with E-state index in [0.717, 1.165) is 0 Å². The van der Waals surface area contributed by atoms with Crippen molar-refractivity contribution >= 4 is 5.69 Å². The van der Waals surface area contributed by atoms with Crippen LogP contribution in [0.4, 0.5) is 5.69 Å². The van der Waals surface area contributed by atoms with Gasteiger partial charge in [0.25, 0.3) is 0 Å². The maximum Gasteiger partial charge on any atom is 0.102 e. The minimum atomic E-state index is -0.711. The first-order valence-corrected chi connectivity index (χ1v) is 9.02. The van der Waals surface area contributed by atoms with Crippen molar-refractivity contribution in [3.63, 3.8) is 0 Å². The predicted octanol–water partition coefficient (Wildman–Crippen LogP) is 7.28. The Kier molecular flexibility index (Phi) is 3.02. The summed E-state index contributed by atoms with van der Waals surface area (Å²) in [5.41, 5.74) is 3.94.